The van der Waals surface area contributed by atoms with E-state index in [0.29, 0.717) is 12.1 Å². The summed E-state index contributed by atoms with van der Waals surface area (Å²) in [5.41, 5.74) is -0.107. The number of aliphatic hydroxyl groups is 1. The molecule has 0 amide bonds. The van der Waals surface area contributed by atoms with E-state index in [-0.39, 0.29) is 24.0 Å². The Balaban J connectivity index is 2.27. The van der Waals surface area contributed by atoms with Gasteiger partial charge >= 0.3 is 0 Å². The van der Waals surface area contributed by atoms with Crippen LogP contribution in [0.5, 0.6) is 0 Å². The first-order chi connectivity index (χ1) is 9.52. The number of benzene rings is 1. The average molecular weight is 281 g/mol. The summed E-state index contributed by atoms with van der Waals surface area (Å²) in [5, 5.41) is 31.0. The summed E-state index contributed by atoms with van der Waals surface area (Å²) in [6.45, 7) is 1.10. The third-order valence-corrected chi connectivity index (χ3v) is 3.56. The number of likely N-dealkylation sites (tertiary alicyclic amines) is 1. The standard InChI is InChI=1S/C12H15N3O5/c16-8-11-2-1-5-13(11)7-9-3-4-10(14(17)18)6-12(9)15(19)20/h3-4,6,11,16H,1-2,5,7-8H2. The maximum Gasteiger partial charge on any atom is 0.280 e. The van der Waals surface area contributed by atoms with Gasteiger partial charge in [0.25, 0.3) is 11.4 Å². The molecule has 1 aromatic rings. The van der Waals surface area contributed by atoms with E-state index < -0.39 is 9.85 Å². The molecule has 1 heterocycles. The van der Waals surface area contributed by atoms with Crippen LogP contribution in [0.15, 0.2) is 18.2 Å². The maximum absolute atomic E-state index is 11.0. The molecule has 1 fully saturated rings. The summed E-state index contributed by atoms with van der Waals surface area (Å²) < 4.78 is 0. The summed E-state index contributed by atoms with van der Waals surface area (Å²) in [6.07, 6.45) is 1.79. The molecule has 0 aliphatic carbocycles. The van der Waals surface area contributed by atoms with Crippen LogP contribution in [0.4, 0.5) is 11.4 Å². The van der Waals surface area contributed by atoms with Crippen molar-refractivity contribution in [2.24, 2.45) is 0 Å². The first-order valence-electron chi connectivity index (χ1n) is 6.29. The lowest BCUT2D eigenvalue weighted by atomic mass is 10.1. The van der Waals surface area contributed by atoms with Crippen LogP contribution in [0.2, 0.25) is 0 Å². The predicted molar refractivity (Wildman–Crippen MR) is 70.3 cm³/mol. The average Bonchev–Trinajstić information content (AvgIpc) is 2.85. The van der Waals surface area contributed by atoms with Crippen molar-refractivity contribution in [1.29, 1.82) is 0 Å². The summed E-state index contributed by atoms with van der Waals surface area (Å²) in [5.74, 6) is 0. The lowest BCUT2D eigenvalue weighted by Gasteiger charge is -2.22. The largest absolute Gasteiger partial charge is 0.395 e. The zero-order valence-corrected chi connectivity index (χ0v) is 10.8. The topological polar surface area (TPSA) is 110 Å². The fourth-order valence-electron chi connectivity index (χ4n) is 2.50. The number of non-ortho nitro benzene ring substituents is 1. The van der Waals surface area contributed by atoms with E-state index in [0.717, 1.165) is 25.5 Å². The zero-order chi connectivity index (χ0) is 14.7. The highest BCUT2D eigenvalue weighted by atomic mass is 16.6. The third-order valence-electron chi connectivity index (χ3n) is 3.56. The van der Waals surface area contributed by atoms with Crippen molar-refractivity contribution < 1.29 is 15.0 Å². The van der Waals surface area contributed by atoms with Crippen molar-refractivity contribution in [3.8, 4) is 0 Å². The van der Waals surface area contributed by atoms with Gasteiger partial charge in [0.2, 0.25) is 0 Å². The molecule has 108 valence electrons. The zero-order valence-electron chi connectivity index (χ0n) is 10.8. The number of rotatable bonds is 5. The Hall–Kier alpha value is -2.06. The first kappa shape index (κ1) is 14.4. The monoisotopic (exact) mass is 281 g/mol. The van der Waals surface area contributed by atoms with E-state index in [1.165, 1.54) is 12.1 Å². The summed E-state index contributed by atoms with van der Waals surface area (Å²) in [4.78, 5) is 22.4. The highest BCUT2D eigenvalue weighted by Crippen LogP contribution is 2.28. The number of nitro benzene ring substituents is 2. The third kappa shape index (κ3) is 2.91. The van der Waals surface area contributed by atoms with Crippen molar-refractivity contribution in [2.45, 2.75) is 25.4 Å². The molecule has 1 saturated heterocycles. The molecule has 2 rings (SSSR count). The minimum absolute atomic E-state index is 0.00444. The molecule has 1 unspecified atom stereocenters. The minimum atomic E-state index is -0.650. The van der Waals surface area contributed by atoms with Crippen molar-refractivity contribution in [3.05, 3.63) is 44.0 Å². The van der Waals surface area contributed by atoms with Gasteiger partial charge in [0.05, 0.1) is 22.5 Å². The molecule has 0 aromatic heterocycles. The van der Waals surface area contributed by atoms with Crippen LogP contribution in [0.1, 0.15) is 18.4 Å². The Morgan fingerprint density at radius 1 is 1.30 bits per heavy atom. The predicted octanol–water partition coefficient (Wildman–Crippen LogP) is 1.46. The smallest absolute Gasteiger partial charge is 0.280 e. The van der Waals surface area contributed by atoms with Crippen LogP contribution in [-0.2, 0) is 6.54 Å². The van der Waals surface area contributed by atoms with E-state index in [4.69, 9.17) is 0 Å². The second kappa shape index (κ2) is 5.93. The summed E-state index contributed by atoms with van der Waals surface area (Å²) in [7, 11) is 0. The molecule has 0 spiro atoms. The fourth-order valence-corrected chi connectivity index (χ4v) is 2.50. The number of hydrogen-bond donors (Lipinski definition) is 1. The Morgan fingerprint density at radius 2 is 2.05 bits per heavy atom. The van der Waals surface area contributed by atoms with Gasteiger partial charge in [-0.25, -0.2) is 0 Å². The molecule has 1 atom stereocenters. The molecule has 8 heteroatoms. The highest BCUT2D eigenvalue weighted by Gasteiger charge is 2.27. The number of nitrogens with zero attached hydrogens (tertiary/aromatic N) is 3. The van der Waals surface area contributed by atoms with Crippen LogP contribution in [0, 0.1) is 20.2 Å². The molecule has 8 nitrogen and oxygen atoms in total. The van der Waals surface area contributed by atoms with Gasteiger partial charge in [-0.15, -0.1) is 0 Å². The normalized spacial score (nSPS) is 19.1. The van der Waals surface area contributed by atoms with Crippen LogP contribution in [0.25, 0.3) is 0 Å². The van der Waals surface area contributed by atoms with Gasteiger partial charge in [0, 0.05) is 24.2 Å². The van der Waals surface area contributed by atoms with Crippen molar-refractivity contribution in [1.82, 2.24) is 4.90 Å². The molecule has 1 aliphatic heterocycles. The summed E-state index contributed by atoms with van der Waals surface area (Å²) in [6, 6.07) is 3.68. The van der Waals surface area contributed by atoms with Crippen LogP contribution >= 0.6 is 0 Å². The fraction of sp³-hybridized carbons (Fsp3) is 0.500. The molecule has 20 heavy (non-hydrogen) atoms. The Morgan fingerprint density at radius 3 is 2.65 bits per heavy atom. The second-order valence-electron chi connectivity index (χ2n) is 4.78. The van der Waals surface area contributed by atoms with Crippen molar-refractivity contribution in [3.63, 3.8) is 0 Å². The number of hydrogen-bond acceptors (Lipinski definition) is 6. The van der Waals surface area contributed by atoms with Gasteiger partial charge in [0.15, 0.2) is 0 Å². The van der Waals surface area contributed by atoms with Crippen LogP contribution < -0.4 is 0 Å². The second-order valence-corrected chi connectivity index (χ2v) is 4.78. The lowest BCUT2D eigenvalue weighted by Crippen LogP contribution is -2.31. The minimum Gasteiger partial charge on any atom is -0.395 e. The van der Waals surface area contributed by atoms with Gasteiger partial charge in [-0.05, 0) is 25.5 Å². The number of nitro groups is 2. The Labute approximate surface area is 114 Å². The van der Waals surface area contributed by atoms with E-state index in [1.807, 2.05) is 4.90 Å². The Kier molecular flexibility index (Phi) is 4.26. The molecular weight excluding hydrogens is 266 g/mol. The molecule has 0 radical (unpaired) electrons. The molecular formula is C12H15N3O5. The molecule has 1 aromatic carbocycles. The lowest BCUT2D eigenvalue weighted by molar-refractivity contribution is -0.394. The van der Waals surface area contributed by atoms with E-state index in [2.05, 4.69) is 0 Å². The van der Waals surface area contributed by atoms with Crippen LogP contribution in [0.3, 0.4) is 0 Å². The van der Waals surface area contributed by atoms with Crippen molar-refractivity contribution >= 4 is 11.4 Å². The van der Waals surface area contributed by atoms with Gasteiger partial charge in [-0.2, -0.15) is 0 Å². The van der Waals surface area contributed by atoms with E-state index >= 15 is 0 Å². The SMILES string of the molecule is O=[N+]([O-])c1ccc(CN2CCCC2CO)c([N+](=O)[O-])c1. The van der Waals surface area contributed by atoms with Crippen molar-refractivity contribution in [2.75, 3.05) is 13.2 Å². The number of aliphatic hydroxyl groups excluding tert-OH is 1. The van der Waals surface area contributed by atoms with Gasteiger partial charge in [0.1, 0.15) is 0 Å². The van der Waals surface area contributed by atoms with E-state index in [1.54, 1.807) is 0 Å². The van der Waals surface area contributed by atoms with Crippen LogP contribution in [-0.4, -0.2) is 39.0 Å². The molecule has 0 saturated carbocycles. The molecule has 1 N–H and O–H groups in total. The maximum atomic E-state index is 11.0. The molecule has 0 bridgehead atoms. The van der Waals surface area contributed by atoms with Gasteiger partial charge in [-0.1, -0.05) is 0 Å². The first-order valence-corrected chi connectivity index (χ1v) is 6.29. The van der Waals surface area contributed by atoms with Gasteiger partial charge < -0.3 is 5.11 Å². The quantitative estimate of drug-likeness (QED) is 0.646. The van der Waals surface area contributed by atoms with E-state index in [9.17, 15) is 25.3 Å². The van der Waals surface area contributed by atoms with Gasteiger partial charge in [-0.3, -0.25) is 25.1 Å². The summed E-state index contributed by atoms with van der Waals surface area (Å²) >= 11 is 0. The molecule has 1 aliphatic rings. The highest BCUT2D eigenvalue weighted by molar-refractivity contribution is 5.49. The Bertz CT molecular complexity index is 534.